The highest BCUT2D eigenvalue weighted by molar-refractivity contribution is 9.10. The van der Waals surface area contributed by atoms with Crippen molar-refractivity contribution in [1.82, 2.24) is 0 Å². The Balaban J connectivity index is 0.000000289. The second-order valence-corrected chi connectivity index (χ2v) is 7.88. The van der Waals surface area contributed by atoms with Crippen molar-refractivity contribution in [2.75, 3.05) is 6.61 Å². The summed E-state index contributed by atoms with van der Waals surface area (Å²) in [6.45, 7) is 5.75. The maximum Gasteiger partial charge on any atom is 0.330 e. The molecule has 5 heteroatoms. The first-order valence-electron chi connectivity index (χ1n) is 8.62. The van der Waals surface area contributed by atoms with Gasteiger partial charge in [0.05, 0.1) is 6.61 Å². The summed E-state index contributed by atoms with van der Waals surface area (Å²) in [5.41, 5.74) is 3.25. The minimum absolute atomic E-state index is 0.201. The SMILES string of the molecule is CC(=O)Cc1ccc(Br)cc1.CCOC(=O)C=C(C)Cc1ccc(Br)cc1. The van der Waals surface area contributed by atoms with Crippen molar-refractivity contribution in [2.24, 2.45) is 0 Å². The zero-order valence-electron chi connectivity index (χ0n) is 15.8. The Labute approximate surface area is 178 Å². The van der Waals surface area contributed by atoms with Gasteiger partial charge in [-0.05, 0) is 62.6 Å². The van der Waals surface area contributed by atoms with Crippen LogP contribution in [0.1, 0.15) is 31.9 Å². The number of allylic oxidation sites excluding steroid dienone is 1. The molecule has 0 radical (unpaired) electrons. The number of ether oxygens (including phenoxy) is 1. The summed E-state index contributed by atoms with van der Waals surface area (Å²) >= 11 is 6.71. The zero-order chi connectivity index (χ0) is 20.2. The highest BCUT2D eigenvalue weighted by Crippen LogP contribution is 2.13. The minimum atomic E-state index is -0.267. The number of ketones is 1. The van der Waals surface area contributed by atoms with Crippen LogP contribution < -0.4 is 0 Å². The maximum atomic E-state index is 11.2. The number of benzene rings is 2. The van der Waals surface area contributed by atoms with Crippen molar-refractivity contribution < 1.29 is 14.3 Å². The molecule has 2 rings (SSSR count). The molecule has 2 aromatic carbocycles. The highest BCUT2D eigenvalue weighted by Gasteiger charge is 2.00. The molecule has 0 aromatic heterocycles. The molecule has 0 heterocycles. The zero-order valence-corrected chi connectivity index (χ0v) is 19.0. The lowest BCUT2D eigenvalue weighted by Crippen LogP contribution is -2.01. The fraction of sp³-hybridized carbons (Fsp3) is 0.273. The third-order valence-corrected chi connectivity index (χ3v) is 4.47. The monoisotopic (exact) mass is 494 g/mol. The first kappa shape index (κ1) is 23.3. The Morgan fingerprint density at radius 2 is 1.30 bits per heavy atom. The van der Waals surface area contributed by atoms with Gasteiger partial charge in [-0.3, -0.25) is 4.79 Å². The molecule has 0 atom stereocenters. The molecule has 0 aliphatic heterocycles. The molecule has 0 amide bonds. The summed E-state index contributed by atoms with van der Waals surface area (Å²) in [4.78, 5) is 21.9. The van der Waals surface area contributed by atoms with E-state index in [2.05, 4.69) is 31.9 Å². The Kier molecular flexibility index (Phi) is 10.9. The largest absolute Gasteiger partial charge is 0.463 e. The summed E-state index contributed by atoms with van der Waals surface area (Å²) in [5.74, 6) is -0.0653. The first-order chi connectivity index (χ1) is 12.8. The van der Waals surface area contributed by atoms with E-state index >= 15 is 0 Å². The summed E-state index contributed by atoms with van der Waals surface area (Å²) in [7, 11) is 0. The fourth-order valence-corrected chi connectivity index (χ4v) is 2.78. The van der Waals surface area contributed by atoms with Crippen LogP contribution in [0.2, 0.25) is 0 Å². The van der Waals surface area contributed by atoms with Crippen molar-refractivity contribution in [3.63, 3.8) is 0 Å². The standard InChI is InChI=1S/C13H15BrO2.C9H9BrO/c1-3-16-13(15)9-10(2)8-11-4-6-12(14)7-5-11;1-7(11)6-8-2-4-9(10)5-3-8/h4-7,9H,3,8H2,1-2H3;2-5H,6H2,1H3. The molecule has 0 saturated heterocycles. The summed E-state index contributed by atoms with van der Waals surface area (Å²) in [5, 5.41) is 0. The van der Waals surface area contributed by atoms with Gasteiger partial charge in [-0.25, -0.2) is 4.79 Å². The predicted octanol–water partition coefficient (Wildman–Crippen LogP) is 6.08. The van der Waals surface area contributed by atoms with Gasteiger partial charge in [-0.2, -0.15) is 0 Å². The van der Waals surface area contributed by atoms with Crippen molar-refractivity contribution in [1.29, 1.82) is 0 Å². The van der Waals surface area contributed by atoms with Gasteiger partial charge >= 0.3 is 5.97 Å². The Hall–Kier alpha value is -1.72. The number of hydrogen-bond donors (Lipinski definition) is 0. The molecule has 0 spiro atoms. The van der Waals surface area contributed by atoms with E-state index < -0.39 is 0 Å². The van der Waals surface area contributed by atoms with E-state index in [0.29, 0.717) is 13.0 Å². The smallest absolute Gasteiger partial charge is 0.330 e. The number of rotatable bonds is 6. The van der Waals surface area contributed by atoms with Crippen molar-refractivity contribution >= 4 is 43.6 Å². The van der Waals surface area contributed by atoms with E-state index in [1.165, 1.54) is 5.56 Å². The van der Waals surface area contributed by atoms with Gasteiger partial charge in [0.25, 0.3) is 0 Å². The fourth-order valence-electron chi connectivity index (χ4n) is 2.25. The Bertz CT molecular complexity index is 763. The normalized spacial score (nSPS) is 10.6. The molecule has 0 saturated carbocycles. The number of hydrogen-bond acceptors (Lipinski definition) is 3. The number of esters is 1. The third-order valence-electron chi connectivity index (χ3n) is 3.41. The number of carbonyl (C=O) groups excluding carboxylic acids is 2. The van der Waals surface area contributed by atoms with E-state index in [4.69, 9.17) is 4.74 Å². The molecule has 0 aliphatic rings. The molecular formula is C22H24Br2O3. The van der Waals surface area contributed by atoms with Gasteiger partial charge in [0.15, 0.2) is 0 Å². The molecule has 0 fully saturated rings. The second-order valence-electron chi connectivity index (χ2n) is 6.05. The molecule has 0 N–H and O–H groups in total. The van der Waals surface area contributed by atoms with E-state index in [0.717, 1.165) is 26.5 Å². The summed E-state index contributed by atoms with van der Waals surface area (Å²) < 4.78 is 6.95. The van der Waals surface area contributed by atoms with Crippen LogP contribution in [-0.2, 0) is 27.2 Å². The number of Topliss-reactive ketones (excluding diaryl/α,β-unsaturated/α-hetero) is 1. The van der Waals surface area contributed by atoms with Crippen molar-refractivity contribution in [3.05, 3.63) is 80.3 Å². The molecule has 0 aliphatic carbocycles. The average molecular weight is 496 g/mol. The van der Waals surface area contributed by atoms with Gasteiger partial charge in [0.2, 0.25) is 0 Å². The molecule has 144 valence electrons. The van der Waals surface area contributed by atoms with Crippen LogP contribution in [0.5, 0.6) is 0 Å². The first-order valence-corrected chi connectivity index (χ1v) is 10.2. The molecule has 0 unspecified atom stereocenters. The predicted molar refractivity (Wildman–Crippen MR) is 117 cm³/mol. The van der Waals surface area contributed by atoms with Gasteiger partial charge in [-0.15, -0.1) is 0 Å². The highest BCUT2D eigenvalue weighted by atomic mass is 79.9. The van der Waals surface area contributed by atoms with Gasteiger partial charge in [0, 0.05) is 21.4 Å². The maximum absolute atomic E-state index is 11.2. The Morgan fingerprint density at radius 1 is 0.852 bits per heavy atom. The van der Waals surface area contributed by atoms with Gasteiger partial charge in [0.1, 0.15) is 5.78 Å². The van der Waals surface area contributed by atoms with Crippen LogP contribution in [0.25, 0.3) is 0 Å². The lowest BCUT2D eigenvalue weighted by Gasteiger charge is -2.02. The molecule has 2 aromatic rings. The van der Waals surface area contributed by atoms with Crippen LogP contribution >= 0.6 is 31.9 Å². The third kappa shape index (κ3) is 10.9. The van der Waals surface area contributed by atoms with Crippen LogP contribution in [0.15, 0.2) is 69.1 Å². The van der Waals surface area contributed by atoms with E-state index in [-0.39, 0.29) is 11.8 Å². The number of carbonyl (C=O) groups is 2. The minimum Gasteiger partial charge on any atom is -0.463 e. The molecular weight excluding hydrogens is 472 g/mol. The van der Waals surface area contributed by atoms with Crippen molar-refractivity contribution in [3.8, 4) is 0 Å². The van der Waals surface area contributed by atoms with E-state index in [1.54, 1.807) is 19.9 Å². The van der Waals surface area contributed by atoms with Crippen LogP contribution in [0.3, 0.4) is 0 Å². The average Bonchev–Trinajstić information content (AvgIpc) is 2.59. The quantitative estimate of drug-likeness (QED) is 0.360. The van der Waals surface area contributed by atoms with Gasteiger partial charge in [-0.1, -0.05) is 61.7 Å². The van der Waals surface area contributed by atoms with Gasteiger partial charge < -0.3 is 4.74 Å². The Morgan fingerprint density at radius 3 is 1.70 bits per heavy atom. The van der Waals surface area contributed by atoms with Crippen LogP contribution in [0, 0.1) is 0 Å². The summed E-state index contributed by atoms with van der Waals surface area (Å²) in [6.07, 6.45) is 2.85. The van der Waals surface area contributed by atoms with Crippen LogP contribution in [0.4, 0.5) is 0 Å². The topological polar surface area (TPSA) is 43.4 Å². The van der Waals surface area contributed by atoms with Crippen molar-refractivity contribution in [2.45, 2.75) is 33.6 Å². The lowest BCUT2D eigenvalue weighted by atomic mass is 10.1. The lowest BCUT2D eigenvalue weighted by molar-refractivity contribution is -0.137. The molecule has 0 bridgehead atoms. The second kappa shape index (κ2) is 12.6. The molecule has 3 nitrogen and oxygen atoms in total. The molecule has 27 heavy (non-hydrogen) atoms. The summed E-state index contributed by atoms with van der Waals surface area (Å²) in [6, 6.07) is 15.8. The van der Waals surface area contributed by atoms with E-state index in [1.807, 2.05) is 55.5 Å². The van der Waals surface area contributed by atoms with Crippen LogP contribution in [-0.4, -0.2) is 18.4 Å². The van der Waals surface area contributed by atoms with E-state index in [9.17, 15) is 9.59 Å². The number of halogens is 2.